The van der Waals surface area contributed by atoms with Gasteiger partial charge in [0.25, 0.3) is 17.7 Å². The van der Waals surface area contributed by atoms with Gasteiger partial charge in [-0.3, -0.25) is 23.7 Å². The van der Waals surface area contributed by atoms with Crippen molar-refractivity contribution in [2.45, 2.75) is 81.4 Å². The average Bonchev–Trinajstić information content (AvgIpc) is 3.78. The lowest BCUT2D eigenvalue weighted by molar-refractivity contribution is -0.161. The number of aliphatic carboxylic acids is 2. The van der Waals surface area contributed by atoms with Crippen molar-refractivity contribution in [3.63, 3.8) is 0 Å². The predicted molar refractivity (Wildman–Crippen MR) is 207 cm³/mol. The minimum Gasteiger partial charge on any atom is -0.480 e. The van der Waals surface area contributed by atoms with E-state index < -0.39 is 91.5 Å². The molecule has 3 aromatic rings. The highest BCUT2D eigenvalue weighted by Crippen LogP contribution is 2.51. The van der Waals surface area contributed by atoms with Crippen molar-refractivity contribution >= 4 is 103 Å². The number of hydrogen-bond donors (Lipinski definition) is 6. The van der Waals surface area contributed by atoms with Crippen LogP contribution < -0.4 is 16.4 Å². The Kier molecular flexibility index (Phi) is 12.1. The number of nitrogen functional groups attached to an aromatic ring is 1. The Morgan fingerprint density at radius 1 is 1.09 bits per heavy atom. The smallest absolute Gasteiger partial charge is 0.362 e. The molecule has 21 nitrogen and oxygen atoms in total. The van der Waals surface area contributed by atoms with Gasteiger partial charge in [0.1, 0.15) is 46.2 Å². The monoisotopic (exact) mass is 904 g/mol. The molecule has 6 rings (SSSR count). The summed E-state index contributed by atoms with van der Waals surface area (Å²) >= 11 is 14.8. The minimum absolute atomic E-state index is 0.0350. The first-order chi connectivity index (χ1) is 26.8. The Morgan fingerprint density at radius 2 is 1.71 bits per heavy atom. The van der Waals surface area contributed by atoms with Crippen molar-refractivity contribution in [1.82, 2.24) is 30.0 Å². The number of fused-ring (bicyclic) bond motifs is 1. The molecule has 0 unspecified atom stereocenters. The number of thiazole rings is 1. The second-order valence-electron chi connectivity index (χ2n) is 13.8. The summed E-state index contributed by atoms with van der Waals surface area (Å²) in [5.74, 6) is -5.22. The highest BCUT2D eigenvalue weighted by atomic mass is 35.5. The van der Waals surface area contributed by atoms with Crippen molar-refractivity contribution in [2.75, 3.05) is 5.73 Å². The van der Waals surface area contributed by atoms with Gasteiger partial charge in [-0.1, -0.05) is 39.6 Å². The van der Waals surface area contributed by atoms with Crippen LogP contribution in [0.4, 0.5) is 5.13 Å². The standard InChI is InChI=1S/C19H17Cl2N3O5S.C13H17N5O8S2/c1-7-10(12(23-29-7)11-8(20)5-4-6-9(11)21)15(25)22-13-16(26)24-14(18(27)28)19(2,3)30-17(13)24;1-5-7(10(20)18(5)28(23,24)25)16-9(19)8(6-4-27-12(14)15-6)17-26-13(2,3)11(21)22/h4-6,13-14,17H,1-3H3,(H,22,25)(H,27,28);4-5,7H,1-3H3,(H2,14,15)(H,16,19)(H,21,22)(H,23,24,25)/b;17-8-/t13-,14+,17-;5-,7-/m10/s1. The number of aromatic nitrogens is 2. The third-order valence-corrected chi connectivity index (χ3v) is 12.9. The number of carboxylic acid groups (broad SMARTS) is 2. The molecule has 5 atom stereocenters. The summed E-state index contributed by atoms with van der Waals surface area (Å²) in [6.07, 6.45) is 0. The number of amides is 4. The number of oxime groups is 1. The number of aryl methyl sites for hydroxylation is 1. The number of thioether (sulfide) groups is 1. The molecule has 0 spiro atoms. The van der Waals surface area contributed by atoms with Gasteiger partial charge in [-0.25, -0.2) is 18.9 Å². The van der Waals surface area contributed by atoms with E-state index in [-0.39, 0.29) is 32.1 Å². The number of benzene rings is 1. The maximum atomic E-state index is 13.1. The highest BCUT2D eigenvalue weighted by Gasteiger charge is 2.64. The molecule has 0 radical (unpaired) electrons. The fourth-order valence-electron chi connectivity index (χ4n) is 6.01. The van der Waals surface area contributed by atoms with Gasteiger partial charge in [-0.2, -0.15) is 8.42 Å². The normalized spacial score (nSPS) is 22.5. The molecule has 1 aromatic carbocycles. The van der Waals surface area contributed by atoms with Gasteiger partial charge in [0.15, 0.2) is 10.8 Å². The van der Waals surface area contributed by atoms with Gasteiger partial charge in [-0.05, 0) is 53.7 Å². The predicted octanol–water partition coefficient (Wildman–Crippen LogP) is 2.03. The molecule has 58 heavy (non-hydrogen) atoms. The summed E-state index contributed by atoms with van der Waals surface area (Å²) in [5, 5.41) is 32.6. The fourth-order valence-corrected chi connectivity index (χ4v) is 9.64. The molecule has 26 heteroatoms. The zero-order valence-corrected chi connectivity index (χ0v) is 34.9. The van der Waals surface area contributed by atoms with Crippen LogP contribution in [-0.4, -0.2) is 124 Å². The molecule has 3 saturated heterocycles. The summed E-state index contributed by atoms with van der Waals surface area (Å²) < 4.78 is 36.0. The molecule has 3 aliphatic heterocycles. The number of carbonyl (C=O) groups excluding carboxylic acids is 4. The molecule has 4 amide bonds. The zero-order chi connectivity index (χ0) is 43.4. The van der Waals surface area contributed by atoms with E-state index in [2.05, 4.69) is 25.9 Å². The van der Waals surface area contributed by atoms with Gasteiger partial charge in [0.05, 0.1) is 16.1 Å². The summed E-state index contributed by atoms with van der Waals surface area (Å²) in [5.41, 5.74) is 3.90. The second kappa shape index (κ2) is 16.0. The topological polar surface area (TPSA) is 314 Å². The third-order valence-electron chi connectivity index (χ3n) is 8.98. The van der Waals surface area contributed by atoms with Crippen LogP contribution in [0.25, 0.3) is 11.3 Å². The Hall–Kier alpha value is -5.01. The van der Waals surface area contributed by atoms with E-state index in [1.54, 1.807) is 39.0 Å². The van der Waals surface area contributed by atoms with E-state index in [1.165, 1.54) is 42.8 Å². The summed E-state index contributed by atoms with van der Waals surface area (Å²) in [7, 11) is -4.76. The lowest BCUT2D eigenvalue weighted by Crippen LogP contribution is -2.71. The molecule has 3 aliphatic rings. The summed E-state index contributed by atoms with van der Waals surface area (Å²) in [6, 6.07) is 0.780. The number of carboxylic acids is 2. The van der Waals surface area contributed by atoms with E-state index in [1.807, 2.05) is 0 Å². The number of halogens is 2. The van der Waals surface area contributed by atoms with Crippen LogP contribution in [0.5, 0.6) is 0 Å². The fraction of sp³-hybridized carbons (Fsp3) is 0.406. The maximum absolute atomic E-state index is 13.1. The number of nitrogens with one attached hydrogen (secondary N) is 2. The largest absolute Gasteiger partial charge is 0.480 e. The number of carbonyl (C=O) groups is 6. The number of nitrogens with zero attached hydrogens (tertiary/aromatic N) is 5. The number of nitrogens with two attached hydrogens (primary N) is 1. The van der Waals surface area contributed by atoms with Gasteiger partial charge in [-0.15, -0.1) is 23.1 Å². The van der Waals surface area contributed by atoms with Gasteiger partial charge in [0, 0.05) is 15.7 Å². The van der Waals surface area contributed by atoms with Crippen molar-refractivity contribution < 1.29 is 61.3 Å². The zero-order valence-electron chi connectivity index (χ0n) is 30.9. The molecule has 312 valence electrons. The molecule has 0 saturated carbocycles. The van der Waals surface area contributed by atoms with Crippen LogP contribution in [-0.2, 0) is 39.1 Å². The van der Waals surface area contributed by atoms with Crippen LogP contribution in [0.15, 0.2) is 33.3 Å². The molecular weight excluding hydrogens is 872 g/mol. The Labute approximate surface area is 347 Å². The average molecular weight is 906 g/mol. The Bertz CT molecular complexity index is 2350. The first-order valence-corrected chi connectivity index (χ1v) is 20.5. The molecule has 5 heterocycles. The maximum Gasteiger partial charge on any atom is 0.362 e. The first kappa shape index (κ1) is 44.1. The molecule has 0 bridgehead atoms. The van der Waals surface area contributed by atoms with E-state index in [0.717, 1.165) is 11.3 Å². The van der Waals surface area contributed by atoms with Gasteiger partial charge >= 0.3 is 22.2 Å². The molecular formula is C32H34Cl2N8O13S3. The van der Waals surface area contributed by atoms with Gasteiger partial charge < -0.3 is 40.8 Å². The second-order valence-corrected chi connectivity index (χ2v) is 18.6. The highest BCUT2D eigenvalue weighted by molar-refractivity contribution is 8.01. The van der Waals surface area contributed by atoms with E-state index in [0.29, 0.717) is 15.6 Å². The molecule has 2 aromatic heterocycles. The SMILES string of the molecule is C[C@H]1[C@H](NC(=O)/C(=N\OC(C)(C)C(=O)O)c2csc(N)n2)C(=O)N1S(=O)(=O)O.Cc1onc(-c2c(Cl)cccc2Cl)c1C(=O)N[C@@H]1C(=O)N2[C@@H]1SC(C)(C)[C@@H]2C(=O)O. The minimum atomic E-state index is -4.76. The summed E-state index contributed by atoms with van der Waals surface area (Å²) in [4.78, 5) is 83.1. The molecule has 3 fully saturated rings. The van der Waals surface area contributed by atoms with Crippen molar-refractivity contribution in [3.8, 4) is 11.3 Å². The molecule has 0 aliphatic carbocycles. The third kappa shape index (κ3) is 8.29. The summed E-state index contributed by atoms with van der Waals surface area (Å²) in [6.45, 7) is 8.79. The number of β-lactam (4-membered cyclic amide) rings is 2. The Balaban J connectivity index is 0.000000222. The van der Waals surface area contributed by atoms with Crippen LogP contribution in [0.3, 0.4) is 0 Å². The van der Waals surface area contributed by atoms with Crippen molar-refractivity contribution in [2.24, 2.45) is 5.16 Å². The van der Waals surface area contributed by atoms with E-state index in [9.17, 15) is 42.3 Å². The van der Waals surface area contributed by atoms with Crippen molar-refractivity contribution in [1.29, 1.82) is 0 Å². The number of rotatable bonds is 11. The van der Waals surface area contributed by atoms with Gasteiger partial charge in [0.2, 0.25) is 11.5 Å². The first-order valence-electron chi connectivity index (χ1n) is 16.6. The Morgan fingerprint density at radius 3 is 2.22 bits per heavy atom. The lowest BCUT2D eigenvalue weighted by Gasteiger charge is -2.43. The van der Waals surface area contributed by atoms with E-state index in [4.69, 9.17) is 48.0 Å². The van der Waals surface area contributed by atoms with Crippen LogP contribution in [0.2, 0.25) is 10.0 Å². The number of hydrogen-bond acceptors (Lipinski definition) is 16. The van der Waals surface area contributed by atoms with Crippen LogP contribution >= 0.6 is 46.3 Å². The lowest BCUT2D eigenvalue weighted by atomic mass is 9.95. The van der Waals surface area contributed by atoms with Crippen molar-refractivity contribution in [3.05, 3.63) is 50.6 Å². The number of anilines is 1. The van der Waals surface area contributed by atoms with E-state index >= 15 is 0 Å². The van der Waals surface area contributed by atoms with Crippen LogP contribution in [0, 0.1) is 6.92 Å². The quantitative estimate of drug-likeness (QED) is 0.0694. The van der Waals surface area contributed by atoms with Crippen LogP contribution in [0.1, 0.15) is 56.4 Å². The molecule has 7 N–H and O–H groups in total.